The molecule has 0 radical (unpaired) electrons. The van der Waals surface area contributed by atoms with Crippen LogP contribution in [0.5, 0.6) is 0 Å². The quantitative estimate of drug-likeness (QED) is 0.881. The van der Waals surface area contributed by atoms with Crippen molar-refractivity contribution in [1.29, 1.82) is 0 Å². The Morgan fingerprint density at radius 2 is 1.12 bits per heavy atom. The third-order valence-electron chi connectivity index (χ3n) is 4.77. The minimum Gasteiger partial charge on any atom is -0.375 e. The first-order valence-corrected chi connectivity index (χ1v) is 9.14. The zero-order chi connectivity index (χ0) is 17.1. The van der Waals surface area contributed by atoms with E-state index in [0.717, 1.165) is 37.3 Å². The van der Waals surface area contributed by atoms with Gasteiger partial charge in [0.25, 0.3) is 0 Å². The largest absolute Gasteiger partial charge is 0.375 e. The second-order valence-corrected chi connectivity index (χ2v) is 7.43. The van der Waals surface area contributed by atoms with Crippen molar-refractivity contribution in [2.45, 2.75) is 89.9 Å². The van der Waals surface area contributed by atoms with Gasteiger partial charge < -0.3 is 20.1 Å². The maximum absolute atomic E-state index is 5.80. The highest BCUT2D eigenvalue weighted by atomic mass is 16.5. The Balaban J connectivity index is 1.59. The number of anilines is 2. The lowest BCUT2D eigenvalue weighted by Crippen LogP contribution is -2.37. The monoisotopic (exact) mass is 334 g/mol. The van der Waals surface area contributed by atoms with E-state index in [1.54, 1.807) is 6.33 Å². The number of nitrogens with one attached hydrogen (secondary N) is 2. The van der Waals surface area contributed by atoms with Gasteiger partial charge in [-0.15, -0.1) is 0 Å². The zero-order valence-corrected chi connectivity index (χ0v) is 15.2. The van der Waals surface area contributed by atoms with Crippen molar-refractivity contribution in [2.75, 3.05) is 10.6 Å². The summed E-state index contributed by atoms with van der Waals surface area (Å²) in [6.45, 7) is 8.52. The molecule has 6 nitrogen and oxygen atoms in total. The number of hydrogen-bond donors (Lipinski definition) is 2. The molecule has 0 aliphatic carbocycles. The summed E-state index contributed by atoms with van der Waals surface area (Å²) in [5.74, 6) is 1.76. The fraction of sp³-hybridized carbons (Fsp3) is 0.778. The number of ether oxygens (including phenoxy) is 2. The summed E-state index contributed by atoms with van der Waals surface area (Å²) in [5.41, 5.74) is 0. The van der Waals surface area contributed by atoms with E-state index in [9.17, 15) is 0 Å². The van der Waals surface area contributed by atoms with E-state index >= 15 is 0 Å². The van der Waals surface area contributed by atoms with Crippen LogP contribution in [0.25, 0.3) is 0 Å². The first-order chi connectivity index (χ1) is 11.5. The first-order valence-electron chi connectivity index (χ1n) is 9.14. The van der Waals surface area contributed by atoms with Crippen LogP contribution in [0, 0.1) is 0 Å². The molecule has 6 atom stereocenters. The molecule has 134 valence electrons. The first kappa shape index (κ1) is 17.4. The molecule has 0 aromatic carbocycles. The van der Waals surface area contributed by atoms with Crippen molar-refractivity contribution in [2.24, 2.45) is 0 Å². The molecule has 6 heteroatoms. The van der Waals surface area contributed by atoms with Crippen LogP contribution in [-0.4, -0.2) is 46.5 Å². The van der Waals surface area contributed by atoms with Crippen molar-refractivity contribution in [1.82, 2.24) is 9.97 Å². The molecule has 3 rings (SSSR count). The van der Waals surface area contributed by atoms with Crippen LogP contribution in [0.2, 0.25) is 0 Å². The van der Waals surface area contributed by atoms with Crippen LogP contribution in [0.4, 0.5) is 11.6 Å². The van der Waals surface area contributed by atoms with Gasteiger partial charge in [-0.2, -0.15) is 0 Å². The predicted molar refractivity (Wildman–Crippen MR) is 95.3 cm³/mol. The average molecular weight is 334 g/mol. The van der Waals surface area contributed by atoms with Gasteiger partial charge in [0.15, 0.2) is 0 Å². The van der Waals surface area contributed by atoms with Crippen molar-refractivity contribution in [3.63, 3.8) is 0 Å². The molecule has 24 heavy (non-hydrogen) atoms. The molecule has 2 aliphatic heterocycles. The Morgan fingerprint density at radius 3 is 1.50 bits per heavy atom. The second kappa shape index (κ2) is 7.66. The summed E-state index contributed by atoms with van der Waals surface area (Å²) >= 11 is 0. The maximum atomic E-state index is 5.80. The highest BCUT2D eigenvalue weighted by molar-refractivity contribution is 5.47. The van der Waals surface area contributed by atoms with Crippen molar-refractivity contribution in [3.05, 3.63) is 12.4 Å². The van der Waals surface area contributed by atoms with Crippen LogP contribution in [0.3, 0.4) is 0 Å². The molecular weight excluding hydrogens is 304 g/mol. The molecule has 2 unspecified atom stereocenters. The van der Waals surface area contributed by atoms with Crippen LogP contribution < -0.4 is 10.6 Å². The van der Waals surface area contributed by atoms with Crippen molar-refractivity contribution < 1.29 is 9.47 Å². The van der Waals surface area contributed by atoms with Gasteiger partial charge >= 0.3 is 0 Å². The van der Waals surface area contributed by atoms with Crippen molar-refractivity contribution in [3.8, 4) is 0 Å². The van der Waals surface area contributed by atoms with E-state index in [1.165, 1.54) is 0 Å². The molecule has 2 fully saturated rings. The Morgan fingerprint density at radius 1 is 0.750 bits per heavy atom. The molecule has 3 heterocycles. The molecule has 2 N–H and O–H groups in total. The van der Waals surface area contributed by atoms with Gasteiger partial charge in [0.1, 0.15) is 18.0 Å². The molecule has 0 amide bonds. The topological polar surface area (TPSA) is 68.3 Å². The highest BCUT2D eigenvalue weighted by Crippen LogP contribution is 2.24. The molecule has 2 saturated heterocycles. The third kappa shape index (κ3) is 4.80. The Kier molecular flexibility index (Phi) is 5.56. The molecular formula is C18H30N4O2. The molecule has 1 aromatic rings. The lowest BCUT2D eigenvalue weighted by molar-refractivity contribution is -0.0340. The Labute approximate surface area is 144 Å². The van der Waals surface area contributed by atoms with E-state index in [-0.39, 0.29) is 24.4 Å². The fourth-order valence-electron chi connectivity index (χ4n) is 3.98. The third-order valence-corrected chi connectivity index (χ3v) is 4.77. The van der Waals surface area contributed by atoms with Gasteiger partial charge in [0.05, 0.1) is 24.4 Å². The summed E-state index contributed by atoms with van der Waals surface area (Å²) in [4.78, 5) is 8.76. The van der Waals surface area contributed by atoms with Crippen LogP contribution in [0.1, 0.15) is 53.4 Å². The summed E-state index contributed by atoms with van der Waals surface area (Å²) < 4.78 is 11.6. The summed E-state index contributed by atoms with van der Waals surface area (Å²) in [7, 11) is 0. The number of aromatic nitrogens is 2. The van der Waals surface area contributed by atoms with E-state index < -0.39 is 0 Å². The highest BCUT2D eigenvalue weighted by Gasteiger charge is 2.26. The number of hydrogen-bond acceptors (Lipinski definition) is 6. The van der Waals surface area contributed by atoms with Crippen LogP contribution in [-0.2, 0) is 9.47 Å². The maximum Gasteiger partial charge on any atom is 0.131 e. The van der Waals surface area contributed by atoms with Gasteiger partial charge in [-0.3, -0.25) is 0 Å². The standard InChI is InChI=1S/C18H30N4O2/c1-11-5-15(6-12(2)23-11)21-17-9-18(20-10-19-17)22-16-7-13(3)24-14(4)8-16/h9-16H,5-8H2,1-4H3,(H2,19,20,21,22)/t11-,12+,13-,14+,15?,16?. The van der Waals surface area contributed by atoms with E-state index in [1.807, 2.05) is 6.07 Å². The summed E-state index contributed by atoms with van der Waals surface area (Å²) in [5, 5.41) is 7.08. The number of rotatable bonds is 4. The molecule has 0 spiro atoms. The Hall–Kier alpha value is -1.40. The minimum absolute atomic E-state index is 0.288. The van der Waals surface area contributed by atoms with Gasteiger partial charge in [-0.1, -0.05) is 0 Å². The Bertz CT molecular complexity index is 478. The smallest absolute Gasteiger partial charge is 0.131 e. The SMILES string of the molecule is C[C@@H]1CC(Nc2cc(NC3C[C@@H](C)O[C@@H](C)C3)ncn2)C[C@H](C)O1. The lowest BCUT2D eigenvalue weighted by atomic mass is 9.99. The zero-order valence-electron chi connectivity index (χ0n) is 15.2. The average Bonchev–Trinajstić information content (AvgIpc) is 2.45. The van der Waals surface area contributed by atoms with Crippen LogP contribution in [0.15, 0.2) is 12.4 Å². The summed E-state index contributed by atoms with van der Waals surface area (Å²) in [6, 6.07) is 2.81. The van der Waals surface area contributed by atoms with E-state index in [0.29, 0.717) is 12.1 Å². The molecule has 0 saturated carbocycles. The van der Waals surface area contributed by atoms with Gasteiger partial charge in [-0.25, -0.2) is 9.97 Å². The van der Waals surface area contributed by atoms with Crippen molar-refractivity contribution >= 4 is 11.6 Å². The molecule has 1 aromatic heterocycles. The number of nitrogens with zero attached hydrogens (tertiary/aromatic N) is 2. The normalized spacial score (nSPS) is 37.0. The molecule has 0 bridgehead atoms. The van der Waals surface area contributed by atoms with Gasteiger partial charge in [0, 0.05) is 18.2 Å². The van der Waals surface area contributed by atoms with Gasteiger partial charge in [0.2, 0.25) is 0 Å². The van der Waals surface area contributed by atoms with E-state index in [2.05, 4.69) is 48.3 Å². The lowest BCUT2D eigenvalue weighted by Gasteiger charge is -2.33. The van der Waals surface area contributed by atoms with Crippen LogP contribution >= 0.6 is 0 Å². The van der Waals surface area contributed by atoms with Gasteiger partial charge in [-0.05, 0) is 53.4 Å². The second-order valence-electron chi connectivity index (χ2n) is 7.43. The minimum atomic E-state index is 0.288. The molecule has 2 aliphatic rings. The van der Waals surface area contributed by atoms with E-state index in [4.69, 9.17) is 9.47 Å². The fourth-order valence-corrected chi connectivity index (χ4v) is 3.98. The predicted octanol–water partition coefficient (Wildman–Crippen LogP) is 3.21. The summed E-state index contributed by atoms with van der Waals surface area (Å²) in [6.07, 6.45) is 6.80.